The summed E-state index contributed by atoms with van der Waals surface area (Å²) >= 11 is 5.97. The van der Waals surface area contributed by atoms with Crippen LogP contribution in [0.2, 0.25) is 5.02 Å². The third-order valence-electron chi connectivity index (χ3n) is 2.75. The van der Waals surface area contributed by atoms with Crippen LogP contribution in [0.1, 0.15) is 17.3 Å². The molecule has 0 spiro atoms. The Morgan fingerprint density at radius 2 is 1.68 bits per heavy atom. The van der Waals surface area contributed by atoms with Gasteiger partial charge in [0.1, 0.15) is 5.25 Å². The molecule has 0 fully saturated rings. The standard InChI is InChI=1S/C12H15ClO5S/c1-7(19(4,15)16)12(14)8-5-10(17-2)11(18-3)6-9(8)13/h5-7H,1-4H3. The average molecular weight is 307 g/mol. The lowest BCUT2D eigenvalue weighted by Gasteiger charge is -2.13. The minimum Gasteiger partial charge on any atom is -0.493 e. The molecule has 0 aliphatic carbocycles. The fourth-order valence-electron chi connectivity index (χ4n) is 1.46. The van der Waals surface area contributed by atoms with E-state index in [9.17, 15) is 13.2 Å². The maximum atomic E-state index is 12.1. The van der Waals surface area contributed by atoms with E-state index >= 15 is 0 Å². The van der Waals surface area contributed by atoms with Gasteiger partial charge < -0.3 is 9.47 Å². The zero-order valence-corrected chi connectivity index (χ0v) is 12.6. The van der Waals surface area contributed by atoms with Gasteiger partial charge in [-0.05, 0) is 13.0 Å². The largest absolute Gasteiger partial charge is 0.493 e. The van der Waals surface area contributed by atoms with Crippen LogP contribution in [0.5, 0.6) is 11.5 Å². The van der Waals surface area contributed by atoms with E-state index in [2.05, 4.69) is 0 Å². The second-order valence-electron chi connectivity index (χ2n) is 4.02. The number of sulfone groups is 1. The van der Waals surface area contributed by atoms with E-state index in [-0.39, 0.29) is 10.6 Å². The Hall–Kier alpha value is -1.27. The van der Waals surface area contributed by atoms with Gasteiger partial charge in [-0.3, -0.25) is 4.79 Å². The molecule has 0 aliphatic heterocycles. The van der Waals surface area contributed by atoms with Gasteiger partial charge in [0.2, 0.25) is 0 Å². The van der Waals surface area contributed by atoms with E-state index in [4.69, 9.17) is 21.1 Å². The van der Waals surface area contributed by atoms with Crippen molar-refractivity contribution in [3.8, 4) is 11.5 Å². The van der Waals surface area contributed by atoms with Gasteiger partial charge in [0.15, 0.2) is 27.1 Å². The SMILES string of the molecule is COc1cc(Cl)c(C(=O)C(C)S(C)(=O)=O)cc1OC. The van der Waals surface area contributed by atoms with Crippen LogP contribution in [0.4, 0.5) is 0 Å². The Morgan fingerprint density at radius 1 is 1.21 bits per heavy atom. The topological polar surface area (TPSA) is 69.7 Å². The summed E-state index contributed by atoms with van der Waals surface area (Å²) in [5.74, 6) is 0.112. The molecule has 0 saturated carbocycles. The van der Waals surface area contributed by atoms with E-state index in [0.717, 1.165) is 6.26 Å². The third kappa shape index (κ3) is 3.39. The Morgan fingerprint density at radius 3 is 2.11 bits per heavy atom. The molecule has 0 aliphatic rings. The summed E-state index contributed by atoms with van der Waals surface area (Å²) in [6.07, 6.45) is 1.00. The molecule has 0 aromatic heterocycles. The van der Waals surface area contributed by atoms with Crippen molar-refractivity contribution in [2.45, 2.75) is 12.2 Å². The summed E-state index contributed by atoms with van der Waals surface area (Å²) in [6.45, 7) is 1.32. The Balaban J connectivity index is 3.32. The fraction of sp³-hybridized carbons (Fsp3) is 0.417. The Kier molecular flexibility index (Phi) is 4.81. The molecule has 5 nitrogen and oxygen atoms in total. The van der Waals surface area contributed by atoms with E-state index in [1.54, 1.807) is 0 Å². The molecule has 106 valence electrons. The van der Waals surface area contributed by atoms with Crippen molar-refractivity contribution in [2.75, 3.05) is 20.5 Å². The minimum atomic E-state index is -3.48. The Bertz CT molecular complexity index is 594. The van der Waals surface area contributed by atoms with Crippen molar-refractivity contribution >= 4 is 27.2 Å². The minimum absolute atomic E-state index is 0.0947. The molecule has 1 unspecified atom stereocenters. The summed E-state index contributed by atoms with van der Waals surface area (Å²) in [5.41, 5.74) is 0.0947. The number of rotatable bonds is 5. The monoisotopic (exact) mass is 306 g/mol. The van der Waals surface area contributed by atoms with E-state index in [0.29, 0.717) is 11.5 Å². The van der Waals surface area contributed by atoms with Gasteiger partial charge in [0, 0.05) is 17.9 Å². The van der Waals surface area contributed by atoms with Crippen molar-refractivity contribution in [2.24, 2.45) is 0 Å². The second-order valence-corrected chi connectivity index (χ2v) is 6.80. The van der Waals surface area contributed by atoms with Crippen LogP contribution in [0.3, 0.4) is 0 Å². The number of ketones is 1. The summed E-state index contributed by atoms with van der Waals surface area (Å²) < 4.78 is 32.9. The van der Waals surface area contributed by atoms with Gasteiger partial charge in [-0.15, -0.1) is 0 Å². The number of benzene rings is 1. The maximum Gasteiger partial charge on any atom is 0.182 e. The lowest BCUT2D eigenvalue weighted by atomic mass is 10.1. The highest BCUT2D eigenvalue weighted by Gasteiger charge is 2.27. The summed E-state index contributed by atoms with van der Waals surface area (Å²) in [4.78, 5) is 12.1. The fourth-order valence-corrected chi connectivity index (χ4v) is 2.22. The zero-order chi connectivity index (χ0) is 14.8. The van der Waals surface area contributed by atoms with E-state index < -0.39 is 20.9 Å². The first-order chi connectivity index (χ1) is 8.72. The molecular formula is C12H15ClO5S. The molecule has 1 rings (SSSR count). The third-order valence-corrected chi connectivity index (χ3v) is 4.56. The number of halogens is 1. The quantitative estimate of drug-likeness (QED) is 0.778. The van der Waals surface area contributed by atoms with Crippen LogP contribution in [-0.2, 0) is 9.84 Å². The number of carbonyl (C=O) groups excluding carboxylic acids is 1. The molecule has 0 amide bonds. The van der Waals surface area contributed by atoms with Gasteiger partial charge >= 0.3 is 0 Å². The molecule has 0 bridgehead atoms. The van der Waals surface area contributed by atoms with Crippen molar-refractivity contribution in [1.82, 2.24) is 0 Å². The molecule has 1 aromatic carbocycles. The van der Waals surface area contributed by atoms with Gasteiger partial charge in [0.05, 0.1) is 19.2 Å². The zero-order valence-electron chi connectivity index (χ0n) is 11.1. The lowest BCUT2D eigenvalue weighted by Crippen LogP contribution is -2.26. The second kappa shape index (κ2) is 5.79. The number of carbonyl (C=O) groups is 1. The number of methoxy groups -OCH3 is 2. The number of hydrogen-bond donors (Lipinski definition) is 0. The predicted octanol–water partition coefficient (Wildman–Crippen LogP) is 1.97. The average Bonchev–Trinajstić information content (AvgIpc) is 2.35. The maximum absolute atomic E-state index is 12.1. The number of Topliss-reactive ketones (excluding diaryl/α,β-unsaturated/α-hetero) is 1. The summed E-state index contributed by atoms with van der Waals surface area (Å²) in [5, 5.41) is -1.04. The van der Waals surface area contributed by atoms with Gasteiger partial charge in [-0.1, -0.05) is 11.6 Å². The first-order valence-electron chi connectivity index (χ1n) is 5.37. The highest BCUT2D eigenvalue weighted by Crippen LogP contribution is 2.34. The predicted molar refractivity (Wildman–Crippen MR) is 73.2 cm³/mol. The van der Waals surface area contributed by atoms with Crippen LogP contribution in [0.15, 0.2) is 12.1 Å². The summed E-state index contributed by atoms with van der Waals surface area (Å²) in [6, 6.07) is 2.80. The van der Waals surface area contributed by atoms with Crippen molar-refractivity contribution < 1.29 is 22.7 Å². The Labute approximate surface area is 117 Å². The molecule has 0 heterocycles. The van der Waals surface area contributed by atoms with Crippen LogP contribution in [0.25, 0.3) is 0 Å². The highest BCUT2D eigenvalue weighted by atomic mass is 35.5. The smallest absolute Gasteiger partial charge is 0.182 e. The van der Waals surface area contributed by atoms with Crippen LogP contribution >= 0.6 is 11.6 Å². The van der Waals surface area contributed by atoms with Gasteiger partial charge in [-0.2, -0.15) is 0 Å². The van der Waals surface area contributed by atoms with Gasteiger partial charge in [-0.25, -0.2) is 8.42 Å². The lowest BCUT2D eigenvalue weighted by molar-refractivity contribution is 0.0991. The number of ether oxygens (including phenoxy) is 2. The highest BCUT2D eigenvalue weighted by molar-refractivity contribution is 7.92. The van der Waals surface area contributed by atoms with E-state index in [1.807, 2.05) is 0 Å². The molecule has 0 saturated heterocycles. The van der Waals surface area contributed by atoms with E-state index in [1.165, 1.54) is 33.3 Å². The molecule has 0 radical (unpaired) electrons. The van der Waals surface area contributed by atoms with Gasteiger partial charge in [0.25, 0.3) is 0 Å². The molecular weight excluding hydrogens is 292 g/mol. The van der Waals surface area contributed by atoms with Crippen molar-refractivity contribution in [3.63, 3.8) is 0 Å². The molecule has 19 heavy (non-hydrogen) atoms. The molecule has 1 aromatic rings. The normalized spacial score (nSPS) is 12.9. The van der Waals surface area contributed by atoms with Crippen LogP contribution in [0, 0.1) is 0 Å². The van der Waals surface area contributed by atoms with Crippen molar-refractivity contribution in [3.05, 3.63) is 22.7 Å². The molecule has 0 N–H and O–H groups in total. The first-order valence-corrected chi connectivity index (χ1v) is 7.70. The first kappa shape index (κ1) is 15.8. The summed E-state index contributed by atoms with van der Waals surface area (Å²) in [7, 11) is -0.627. The van der Waals surface area contributed by atoms with Crippen LogP contribution in [-0.4, -0.2) is 39.9 Å². The van der Waals surface area contributed by atoms with Crippen molar-refractivity contribution in [1.29, 1.82) is 0 Å². The number of hydrogen-bond acceptors (Lipinski definition) is 5. The van der Waals surface area contributed by atoms with Crippen LogP contribution < -0.4 is 9.47 Å². The molecule has 1 atom stereocenters. The molecule has 7 heteroatoms.